The number of carboxylic acid groups (broad SMARTS) is 1. The van der Waals surface area contributed by atoms with Crippen molar-refractivity contribution in [1.82, 2.24) is 20.2 Å². The Morgan fingerprint density at radius 1 is 1.02 bits per heavy atom. The molecule has 6 rings (SSSR count). The van der Waals surface area contributed by atoms with Gasteiger partial charge < -0.3 is 29.8 Å². The van der Waals surface area contributed by atoms with Gasteiger partial charge in [-0.25, -0.2) is 9.80 Å². The Hall–Kier alpha value is -4.54. The molecular formula is C33H39N5O6. The third kappa shape index (κ3) is 5.70. The van der Waals surface area contributed by atoms with E-state index in [1.54, 1.807) is 24.1 Å². The summed E-state index contributed by atoms with van der Waals surface area (Å²) in [5.41, 5.74) is 3.63. The first-order valence-electron chi connectivity index (χ1n) is 15.3. The minimum Gasteiger partial charge on any atom is -0.493 e. The lowest BCUT2D eigenvalue weighted by atomic mass is 9.73. The van der Waals surface area contributed by atoms with E-state index in [-0.39, 0.29) is 36.1 Å². The second-order valence-corrected chi connectivity index (χ2v) is 11.9. The summed E-state index contributed by atoms with van der Waals surface area (Å²) >= 11 is 0. The van der Waals surface area contributed by atoms with E-state index in [4.69, 9.17) is 14.6 Å². The van der Waals surface area contributed by atoms with Gasteiger partial charge in [-0.2, -0.15) is 5.10 Å². The van der Waals surface area contributed by atoms with Crippen LogP contribution < -0.4 is 14.8 Å². The molecule has 2 aromatic carbocycles. The molecular weight excluding hydrogens is 562 g/mol. The highest BCUT2D eigenvalue weighted by atomic mass is 16.5. The molecule has 232 valence electrons. The molecule has 11 heteroatoms. The van der Waals surface area contributed by atoms with Crippen molar-refractivity contribution in [1.29, 1.82) is 0 Å². The summed E-state index contributed by atoms with van der Waals surface area (Å²) in [6.07, 6.45) is 5.77. The number of ether oxygens (including phenoxy) is 2. The van der Waals surface area contributed by atoms with E-state index in [9.17, 15) is 19.5 Å². The monoisotopic (exact) mass is 601 g/mol. The minimum atomic E-state index is -1.24. The molecule has 3 heterocycles. The third-order valence-electron chi connectivity index (χ3n) is 9.37. The maximum atomic E-state index is 13.8. The molecule has 3 amide bonds. The third-order valence-corrected chi connectivity index (χ3v) is 9.37. The van der Waals surface area contributed by atoms with Gasteiger partial charge in [0.15, 0.2) is 11.5 Å². The first-order valence-corrected chi connectivity index (χ1v) is 15.3. The number of methoxy groups -OCH3 is 2. The molecule has 3 aliphatic rings. The van der Waals surface area contributed by atoms with E-state index in [0.29, 0.717) is 37.4 Å². The second-order valence-electron chi connectivity index (χ2n) is 11.9. The van der Waals surface area contributed by atoms with Gasteiger partial charge in [-0.3, -0.25) is 9.59 Å². The Morgan fingerprint density at radius 3 is 2.48 bits per heavy atom. The highest BCUT2D eigenvalue weighted by Gasteiger charge is 2.44. The van der Waals surface area contributed by atoms with Gasteiger partial charge in [0.25, 0.3) is 0 Å². The molecule has 0 bridgehead atoms. The van der Waals surface area contributed by atoms with E-state index in [2.05, 4.69) is 10.3 Å². The van der Waals surface area contributed by atoms with Crippen molar-refractivity contribution in [2.45, 2.75) is 57.0 Å². The lowest BCUT2D eigenvalue weighted by Gasteiger charge is -2.43. The topological polar surface area (TPSA) is 137 Å². The number of carbonyl (C=O) groups is 3. The molecule has 2 aliphatic heterocycles. The molecule has 1 saturated heterocycles. The van der Waals surface area contributed by atoms with Crippen LogP contribution in [0.5, 0.6) is 11.5 Å². The molecule has 3 atom stereocenters. The number of fused-ring (bicyclic) bond motifs is 2. The quantitative estimate of drug-likeness (QED) is 0.350. The molecule has 1 aromatic heterocycles. The van der Waals surface area contributed by atoms with Gasteiger partial charge >= 0.3 is 6.09 Å². The van der Waals surface area contributed by atoms with Crippen LogP contribution in [0.25, 0.3) is 10.9 Å². The van der Waals surface area contributed by atoms with Crippen molar-refractivity contribution in [3.63, 3.8) is 0 Å². The standard InChI is InChI=1S/C33H39N5O6/c1-43-28-12-11-20(18-29(28)44-2)30-24-8-3-4-9-25(24)31(39)38(36-30)22-13-15-37(16-14-22)32(40)27(35-33(41)42)17-21-19-34-26-10-6-5-7-23(21)26/h5-7,10-12,18-19,22,24-25,27,34-35H,3-4,8-9,13-17H2,1-2H3,(H,41,42)/t24-,25+,27-/m0/s1. The Morgan fingerprint density at radius 2 is 1.75 bits per heavy atom. The summed E-state index contributed by atoms with van der Waals surface area (Å²) in [5, 5.41) is 19.6. The zero-order valence-corrected chi connectivity index (χ0v) is 25.1. The van der Waals surface area contributed by atoms with Crippen LogP contribution >= 0.6 is 0 Å². The molecule has 0 radical (unpaired) electrons. The lowest BCUT2D eigenvalue weighted by molar-refractivity contribution is -0.143. The van der Waals surface area contributed by atoms with Crippen LogP contribution in [-0.2, 0) is 16.0 Å². The van der Waals surface area contributed by atoms with E-state index in [0.717, 1.165) is 53.4 Å². The zero-order valence-electron chi connectivity index (χ0n) is 25.1. The summed E-state index contributed by atoms with van der Waals surface area (Å²) in [5.74, 6) is 0.992. The van der Waals surface area contributed by atoms with Crippen LogP contribution in [0.15, 0.2) is 53.8 Å². The summed E-state index contributed by atoms with van der Waals surface area (Å²) < 4.78 is 11.0. The molecule has 1 aliphatic carbocycles. The van der Waals surface area contributed by atoms with Gasteiger partial charge in [-0.15, -0.1) is 0 Å². The highest BCUT2D eigenvalue weighted by Crippen LogP contribution is 2.40. The average Bonchev–Trinajstić information content (AvgIpc) is 3.46. The molecule has 0 unspecified atom stereocenters. The van der Waals surface area contributed by atoms with Crippen molar-refractivity contribution < 1.29 is 29.0 Å². The SMILES string of the molecule is COc1ccc(C2=NN(C3CCN(C(=O)[C@H](Cc4c[nH]c5ccccc45)NC(=O)O)CC3)C(=O)[C@@H]3CCCC[C@H]23)cc1OC. The number of hydrogen-bond acceptors (Lipinski definition) is 6. The normalized spacial score (nSPS) is 21.4. The highest BCUT2D eigenvalue weighted by molar-refractivity contribution is 6.07. The lowest BCUT2D eigenvalue weighted by Crippen LogP contribution is -2.55. The Kier molecular flexibility index (Phi) is 8.45. The number of carbonyl (C=O) groups excluding carboxylic acids is 2. The average molecular weight is 602 g/mol. The summed E-state index contributed by atoms with van der Waals surface area (Å²) in [6.45, 7) is 0.822. The number of nitrogens with one attached hydrogen (secondary N) is 2. The van der Waals surface area contributed by atoms with Crippen molar-refractivity contribution in [3.05, 3.63) is 59.8 Å². The molecule has 11 nitrogen and oxygen atoms in total. The predicted octanol–water partition coefficient (Wildman–Crippen LogP) is 4.41. The number of aromatic amines is 1. The molecule has 44 heavy (non-hydrogen) atoms. The minimum absolute atomic E-state index is 0.0552. The largest absolute Gasteiger partial charge is 0.493 e. The first kappa shape index (κ1) is 29.5. The number of nitrogens with zero attached hydrogens (tertiary/aromatic N) is 3. The smallest absolute Gasteiger partial charge is 0.405 e. The Balaban J connectivity index is 1.20. The number of piperidine rings is 1. The molecule has 3 aromatic rings. The number of hydrogen-bond donors (Lipinski definition) is 3. The number of para-hydroxylation sites is 1. The van der Waals surface area contributed by atoms with Crippen LogP contribution in [0.1, 0.15) is 49.7 Å². The fourth-order valence-electron chi connectivity index (χ4n) is 7.11. The number of aromatic nitrogens is 1. The summed E-state index contributed by atoms with van der Waals surface area (Å²) in [6, 6.07) is 12.5. The van der Waals surface area contributed by atoms with E-state index < -0.39 is 12.1 Å². The van der Waals surface area contributed by atoms with E-state index in [1.165, 1.54) is 0 Å². The maximum Gasteiger partial charge on any atom is 0.405 e. The molecule has 0 spiro atoms. The zero-order chi connectivity index (χ0) is 30.8. The van der Waals surface area contributed by atoms with Crippen LogP contribution in [0.2, 0.25) is 0 Å². The molecule has 2 fully saturated rings. The number of benzene rings is 2. The Bertz CT molecular complexity index is 1580. The van der Waals surface area contributed by atoms with E-state index in [1.807, 2.05) is 48.7 Å². The van der Waals surface area contributed by atoms with Crippen LogP contribution in [0, 0.1) is 11.8 Å². The summed E-state index contributed by atoms with van der Waals surface area (Å²) in [7, 11) is 3.21. The van der Waals surface area contributed by atoms with Crippen LogP contribution in [-0.4, -0.2) is 83.0 Å². The van der Waals surface area contributed by atoms with Gasteiger partial charge in [0.1, 0.15) is 6.04 Å². The predicted molar refractivity (Wildman–Crippen MR) is 165 cm³/mol. The van der Waals surface area contributed by atoms with Gasteiger partial charge in [0.2, 0.25) is 11.8 Å². The first-order chi connectivity index (χ1) is 21.4. The van der Waals surface area contributed by atoms with Crippen LogP contribution in [0.4, 0.5) is 4.79 Å². The second kappa shape index (κ2) is 12.6. The van der Waals surface area contributed by atoms with Gasteiger partial charge in [-0.1, -0.05) is 31.0 Å². The molecule has 1 saturated carbocycles. The van der Waals surface area contributed by atoms with Gasteiger partial charge in [0.05, 0.1) is 26.0 Å². The number of rotatable bonds is 8. The van der Waals surface area contributed by atoms with Gasteiger partial charge in [0, 0.05) is 54.0 Å². The van der Waals surface area contributed by atoms with Crippen molar-refractivity contribution in [3.8, 4) is 11.5 Å². The number of likely N-dealkylation sites (tertiary alicyclic amines) is 1. The van der Waals surface area contributed by atoms with E-state index >= 15 is 0 Å². The maximum absolute atomic E-state index is 13.8. The fraction of sp³-hybridized carbons (Fsp3) is 0.455. The van der Waals surface area contributed by atoms with Crippen molar-refractivity contribution in [2.24, 2.45) is 16.9 Å². The van der Waals surface area contributed by atoms with Crippen LogP contribution in [0.3, 0.4) is 0 Å². The Labute approximate surface area is 256 Å². The molecule has 3 N–H and O–H groups in total. The van der Waals surface area contributed by atoms with Crippen molar-refractivity contribution in [2.75, 3.05) is 27.3 Å². The van der Waals surface area contributed by atoms with Crippen molar-refractivity contribution >= 4 is 34.5 Å². The summed E-state index contributed by atoms with van der Waals surface area (Å²) in [4.78, 5) is 44.0. The number of H-pyrrole nitrogens is 1. The van der Waals surface area contributed by atoms with Gasteiger partial charge in [-0.05, 0) is 55.5 Å². The fourth-order valence-corrected chi connectivity index (χ4v) is 7.11. The number of hydrazone groups is 1. The number of amides is 3.